The smallest absolute Gasteiger partial charge is 0.511 e. The van der Waals surface area contributed by atoms with E-state index >= 15 is 0 Å². The molecule has 0 bridgehead atoms. The quantitative estimate of drug-likeness (QED) is 0.378. The molecule has 0 saturated heterocycles. The van der Waals surface area contributed by atoms with Crippen molar-refractivity contribution in [3.05, 3.63) is 5.21 Å². The second-order valence-electron chi connectivity index (χ2n) is 5.16. The number of nitrogens with zero attached hydrogens (tertiary/aromatic N) is 2. The second-order valence-corrected chi connectivity index (χ2v) is 5.16. The molecule has 0 aromatic heterocycles. The van der Waals surface area contributed by atoms with E-state index in [-0.39, 0.29) is 18.2 Å². The molecule has 10 nitrogen and oxygen atoms in total. The summed E-state index contributed by atoms with van der Waals surface area (Å²) in [7, 11) is 1.37. The molecule has 0 saturated carbocycles. The molecule has 0 spiro atoms. The fourth-order valence-corrected chi connectivity index (χ4v) is 0.971. The first-order chi connectivity index (χ1) is 9.51. The molecule has 10 heteroatoms. The lowest BCUT2D eigenvalue weighted by molar-refractivity contribution is -0.230. The summed E-state index contributed by atoms with van der Waals surface area (Å²) in [5, 5.41) is 21.1. The van der Waals surface area contributed by atoms with Gasteiger partial charge in [0.15, 0.2) is 0 Å². The number of rotatable bonds is 8. The number of nitrogens with one attached hydrogen (secondary N) is 1. The molecule has 0 rings (SSSR count). The number of carboxylic acid groups (broad SMARTS) is 1. The number of ether oxygens (including phenoxy) is 2. The number of carbonyl (C=O) groups is 2. The first kappa shape index (κ1) is 19.5. The van der Waals surface area contributed by atoms with Crippen molar-refractivity contribution in [2.24, 2.45) is 0 Å². The van der Waals surface area contributed by atoms with Crippen molar-refractivity contribution in [1.82, 2.24) is 15.9 Å². The normalized spacial score (nSPS) is 13.3. The van der Waals surface area contributed by atoms with Gasteiger partial charge >= 0.3 is 12.1 Å². The van der Waals surface area contributed by atoms with Crippen LogP contribution in [0, 0.1) is 5.21 Å². The van der Waals surface area contributed by atoms with Gasteiger partial charge in [-0.25, -0.2) is 19.9 Å². The zero-order chi connectivity index (χ0) is 16.6. The number of carbonyl (C=O) groups excluding carboxylic acids is 1. The van der Waals surface area contributed by atoms with E-state index in [0.717, 1.165) is 5.01 Å². The number of carboxylic acids is 1. The van der Waals surface area contributed by atoms with Gasteiger partial charge in [-0.1, -0.05) is 0 Å². The maximum absolute atomic E-state index is 11.4. The average Bonchev–Trinajstić information content (AvgIpc) is 2.30. The van der Waals surface area contributed by atoms with E-state index in [1.807, 2.05) is 5.59 Å². The minimum atomic E-state index is -1.08. The Hall–Kier alpha value is -1.46. The SMILES string of the molecule is CC(ONN([O-])N(C)CCC(=O)O)OC(=O)OC(C)(C)C. The van der Waals surface area contributed by atoms with Crippen LogP contribution in [0.15, 0.2) is 0 Å². The van der Waals surface area contributed by atoms with Gasteiger partial charge < -0.3 is 19.8 Å². The van der Waals surface area contributed by atoms with Crippen molar-refractivity contribution in [1.29, 1.82) is 0 Å². The third kappa shape index (κ3) is 10.9. The zero-order valence-electron chi connectivity index (χ0n) is 12.8. The molecule has 0 heterocycles. The van der Waals surface area contributed by atoms with Crippen molar-refractivity contribution in [2.75, 3.05) is 13.6 Å². The predicted molar refractivity (Wildman–Crippen MR) is 71.1 cm³/mol. The van der Waals surface area contributed by atoms with E-state index in [1.165, 1.54) is 14.0 Å². The van der Waals surface area contributed by atoms with Gasteiger partial charge in [-0.3, -0.25) is 4.79 Å². The average molecular weight is 308 g/mol. The Morgan fingerprint density at radius 3 is 2.43 bits per heavy atom. The van der Waals surface area contributed by atoms with E-state index in [1.54, 1.807) is 20.8 Å². The molecule has 0 aliphatic rings. The van der Waals surface area contributed by atoms with Crippen LogP contribution in [0.1, 0.15) is 34.1 Å². The maximum Gasteiger partial charge on any atom is 0.511 e. The van der Waals surface area contributed by atoms with Crippen LogP contribution in [-0.2, 0) is 19.1 Å². The number of hydrogen-bond acceptors (Lipinski definition) is 9. The van der Waals surface area contributed by atoms with E-state index in [0.29, 0.717) is 0 Å². The van der Waals surface area contributed by atoms with Gasteiger partial charge in [0.25, 0.3) is 0 Å². The van der Waals surface area contributed by atoms with Crippen LogP contribution in [-0.4, -0.2) is 53.0 Å². The third-order valence-corrected chi connectivity index (χ3v) is 1.91. The summed E-state index contributed by atoms with van der Waals surface area (Å²) in [6.07, 6.45) is -2.22. The van der Waals surface area contributed by atoms with E-state index in [9.17, 15) is 14.8 Å². The first-order valence-corrected chi connectivity index (χ1v) is 6.22. The molecule has 0 amide bonds. The maximum atomic E-state index is 11.4. The van der Waals surface area contributed by atoms with Gasteiger partial charge in [0.05, 0.1) is 6.42 Å². The highest BCUT2D eigenvalue weighted by molar-refractivity contribution is 5.66. The summed E-state index contributed by atoms with van der Waals surface area (Å²) in [5.74, 6) is -1.03. The lowest BCUT2D eigenvalue weighted by atomic mass is 10.2. The summed E-state index contributed by atoms with van der Waals surface area (Å²) in [4.78, 5) is 26.4. The van der Waals surface area contributed by atoms with Gasteiger partial charge in [-0.2, -0.15) is 0 Å². The Kier molecular flexibility index (Phi) is 8.14. The van der Waals surface area contributed by atoms with Crippen LogP contribution in [0.4, 0.5) is 4.79 Å². The number of hydrazine groups is 2. The first-order valence-electron chi connectivity index (χ1n) is 6.22. The van der Waals surface area contributed by atoms with Gasteiger partial charge in [-0.05, 0) is 20.8 Å². The Labute approximate surface area is 123 Å². The van der Waals surface area contributed by atoms with Crippen molar-refractivity contribution >= 4 is 12.1 Å². The summed E-state index contributed by atoms with van der Waals surface area (Å²) in [6, 6.07) is 0. The monoisotopic (exact) mass is 308 g/mol. The molecule has 0 radical (unpaired) electrons. The lowest BCUT2D eigenvalue weighted by Gasteiger charge is -2.36. The molecule has 1 atom stereocenters. The zero-order valence-corrected chi connectivity index (χ0v) is 12.8. The Bertz CT molecular complexity index is 345. The van der Waals surface area contributed by atoms with Crippen molar-refractivity contribution in [3.8, 4) is 0 Å². The molecular formula is C11H22N3O7-. The highest BCUT2D eigenvalue weighted by atomic mass is 16.9. The molecule has 0 aromatic carbocycles. The van der Waals surface area contributed by atoms with Crippen LogP contribution in [0.3, 0.4) is 0 Å². The Morgan fingerprint density at radius 1 is 1.38 bits per heavy atom. The summed E-state index contributed by atoms with van der Waals surface area (Å²) in [6.45, 7) is 6.39. The standard InChI is InChI=1S/C11H22N3O7/c1-8(19-10(17)20-11(2,3)4)21-12-14(18)13(5)7-6-9(15)16/h8,12H,6-7H2,1-5H3,(H,15,16)/q-1. The lowest BCUT2D eigenvalue weighted by Crippen LogP contribution is -2.47. The summed E-state index contributed by atoms with van der Waals surface area (Å²) >= 11 is 0. The van der Waals surface area contributed by atoms with Gasteiger partial charge in [0, 0.05) is 20.5 Å². The van der Waals surface area contributed by atoms with Crippen molar-refractivity contribution in [3.63, 3.8) is 0 Å². The fourth-order valence-electron chi connectivity index (χ4n) is 0.971. The molecular weight excluding hydrogens is 286 g/mol. The Balaban J connectivity index is 3.98. The second kappa shape index (κ2) is 8.74. The highest BCUT2D eigenvalue weighted by Gasteiger charge is 2.20. The van der Waals surface area contributed by atoms with E-state index < -0.39 is 24.0 Å². The summed E-state index contributed by atoms with van der Waals surface area (Å²) < 4.78 is 9.62. The molecule has 0 aliphatic heterocycles. The minimum Gasteiger partial charge on any atom is -0.756 e. The molecule has 0 aromatic rings. The number of hydrogen-bond donors (Lipinski definition) is 2. The summed E-state index contributed by atoms with van der Waals surface area (Å²) in [5.41, 5.74) is 1.25. The molecule has 21 heavy (non-hydrogen) atoms. The van der Waals surface area contributed by atoms with Gasteiger partial charge in [0.2, 0.25) is 6.29 Å². The van der Waals surface area contributed by atoms with Crippen LogP contribution >= 0.6 is 0 Å². The molecule has 124 valence electrons. The molecule has 0 aliphatic carbocycles. The molecule has 1 unspecified atom stereocenters. The Morgan fingerprint density at radius 2 is 1.95 bits per heavy atom. The number of aliphatic carboxylic acids is 1. The van der Waals surface area contributed by atoms with Crippen molar-refractivity contribution in [2.45, 2.75) is 46.0 Å². The van der Waals surface area contributed by atoms with Gasteiger partial charge in [-0.15, -0.1) is 5.59 Å². The topological polar surface area (TPSA) is 124 Å². The van der Waals surface area contributed by atoms with Crippen LogP contribution in [0.2, 0.25) is 0 Å². The van der Waals surface area contributed by atoms with Crippen LogP contribution in [0.5, 0.6) is 0 Å². The van der Waals surface area contributed by atoms with Crippen molar-refractivity contribution < 1.29 is 29.0 Å². The third-order valence-electron chi connectivity index (χ3n) is 1.91. The van der Waals surface area contributed by atoms with E-state index in [2.05, 4.69) is 0 Å². The molecule has 0 fully saturated rings. The predicted octanol–water partition coefficient (Wildman–Crippen LogP) is 0.842. The van der Waals surface area contributed by atoms with Crippen LogP contribution < -0.4 is 5.59 Å². The fraction of sp³-hybridized carbons (Fsp3) is 0.818. The minimum absolute atomic E-state index is 0.0174. The molecule has 2 N–H and O–H groups in total. The van der Waals surface area contributed by atoms with Gasteiger partial charge in [0.1, 0.15) is 5.60 Å². The van der Waals surface area contributed by atoms with Crippen LogP contribution in [0.25, 0.3) is 0 Å². The van der Waals surface area contributed by atoms with E-state index in [4.69, 9.17) is 19.4 Å². The largest absolute Gasteiger partial charge is 0.756 e. The highest BCUT2D eigenvalue weighted by Crippen LogP contribution is 2.09.